The van der Waals surface area contributed by atoms with Crippen LogP contribution in [0.4, 0.5) is 4.39 Å². The van der Waals surface area contributed by atoms with Crippen LogP contribution in [0.15, 0.2) is 24.3 Å². The number of nitrogens with zero attached hydrogens (tertiary/aromatic N) is 1. The van der Waals surface area contributed by atoms with Gasteiger partial charge in [-0.2, -0.15) is 0 Å². The van der Waals surface area contributed by atoms with E-state index < -0.39 is 0 Å². The molecule has 0 unspecified atom stereocenters. The minimum Gasteiger partial charge on any atom is -0.301 e. The average Bonchev–Trinajstić information content (AvgIpc) is 2.41. The van der Waals surface area contributed by atoms with Crippen molar-refractivity contribution in [2.45, 2.75) is 81.2 Å². The number of piperidine rings is 1. The number of benzene rings is 1. The number of likely N-dealkylation sites (tertiary alicyclic amines) is 1. The maximum absolute atomic E-state index is 12.4. The first-order valence-electron chi connectivity index (χ1n) is 7.50. The summed E-state index contributed by atoms with van der Waals surface area (Å²) in [7, 11) is 0. The summed E-state index contributed by atoms with van der Waals surface area (Å²) in [6, 6.07) is 7.40. The van der Waals surface area contributed by atoms with Crippen LogP contribution in [0.3, 0.4) is 0 Å². The molecule has 0 saturated carbocycles. The minimum absolute atomic E-state index is 0. The summed E-state index contributed by atoms with van der Waals surface area (Å²) in [6.07, 6.45) is 4.28. The number of halogens is 1. The molecule has 0 spiro atoms. The number of hydrogen-bond acceptors (Lipinski definition) is 1. The zero-order valence-electron chi connectivity index (χ0n) is 13.4. The van der Waals surface area contributed by atoms with Crippen molar-refractivity contribution < 1.29 is 37.1 Å². The van der Waals surface area contributed by atoms with Crippen molar-refractivity contribution in [1.82, 2.24) is 4.90 Å². The molecule has 0 aromatic heterocycles. The van der Waals surface area contributed by atoms with Crippen LogP contribution in [0.1, 0.15) is 80.7 Å². The second-order valence-corrected chi connectivity index (χ2v) is 5.90. The molecule has 23 heavy (non-hydrogen) atoms. The largest absolute Gasteiger partial charge is 0.301 e. The van der Waals surface area contributed by atoms with Gasteiger partial charge in [-0.05, 0) is 63.4 Å². The van der Waals surface area contributed by atoms with Crippen molar-refractivity contribution in [2.75, 3.05) is 13.1 Å². The molecule has 1 fully saturated rings. The topological polar surface area (TPSA) is 3.24 Å². The number of rotatable bonds is 2. The molecular weight excluding hydrogens is 362 g/mol. The van der Waals surface area contributed by atoms with Crippen LogP contribution in [0.2, 0.25) is 0 Å². The van der Waals surface area contributed by atoms with Gasteiger partial charge in [0.15, 0.2) is 0 Å². The SMILES string of the molecule is C.C.C.CC(C)N1CCCCC1.CC(C)c1ccc(F)cc1.[Y]. The first-order chi connectivity index (χ1) is 9.00. The third-order valence-electron chi connectivity index (χ3n) is 3.66. The van der Waals surface area contributed by atoms with E-state index >= 15 is 0 Å². The van der Waals surface area contributed by atoms with E-state index in [1.807, 2.05) is 12.1 Å². The van der Waals surface area contributed by atoms with Gasteiger partial charge in [0.05, 0.1) is 0 Å². The molecule has 1 aromatic rings. The van der Waals surface area contributed by atoms with Gasteiger partial charge in [-0.3, -0.25) is 0 Å². The van der Waals surface area contributed by atoms with Crippen LogP contribution in [-0.4, -0.2) is 24.0 Å². The van der Waals surface area contributed by atoms with Crippen molar-refractivity contribution in [3.63, 3.8) is 0 Å². The van der Waals surface area contributed by atoms with E-state index in [0.29, 0.717) is 5.92 Å². The van der Waals surface area contributed by atoms with Crippen LogP contribution in [-0.2, 0) is 32.7 Å². The Balaban J connectivity index is -0.000000134. The summed E-state index contributed by atoms with van der Waals surface area (Å²) >= 11 is 0. The van der Waals surface area contributed by atoms with E-state index in [2.05, 4.69) is 32.6 Å². The molecular formula is C20H40FNY. The third-order valence-corrected chi connectivity index (χ3v) is 3.66. The molecule has 1 nitrogen and oxygen atoms in total. The summed E-state index contributed by atoms with van der Waals surface area (Å²) in [5.74, 6) is 0.324. The first kappa shape index (κ1) is 31.0. The summed E-state index contributed by atoms with van der Waals surface area (Å²) in [5, 5.41) is 0. The van der Waals surface area contributed by atoms with E-state index in [1.54, 1.807) is 0 Å². The zero-order chi connectivity index (χ0) is 14.3. The Hall–Kier alpha value is 0.214. The smallest absolute Gasteiger partial charge is 0.123 e. The standard InChI is InChI=1S/C9H11F.C8H17N.3CH4.Y/c1-7(2)8-3-5-9(10)6-4-8;1-8(2)9-6-4-3-5-7-9;;;;/h3-7H,1-2H3;8H,3-7H2,1-2H3;3*1H4;. The van der Waals surface area contributed by atoms with Crippen molar-refractivity contribution in [3.05, 3.63) is 35.6 Å². The monoisotopic (exact) mass is 402 g/mol. The van der Waals surface area contributed by atoms with Crippen LogP contribution in [0, 0.1) is 5.82 Å². The fourth-order valence-electron chi connectivity index (χ4n) is 2.28. The second-order valence-electron chi connectivity index (χ2n) is 5.90. The van der Waals surface area contributed by atoms with Gasteiger partial charge in [-0.25, -0.2) is 4.39 Å². The Morgan fingerprint density at radius 2 is 1.26 bits per heavy atom. The average molecular weight is 402 g/mol. The first-order valence-corrected chi connectivity index (χ1v) is 7.50. The fourth-order valence-corrected chi connectivity index (χ4v) is 2.28. The Labute approximate surface area is 171 Å². The van der Waals surface area contributed by atoms with E-state index in [0.717, 1.165) is 6.04 Å². The molecule has 2 rings (SSSR count). The number of hydrogen-bond donors (Lipinski definition) is 0. The molecule has 0 atom stereocenters. The van der Waals surface area contributed by atoms with Crippen LogP contribution in [0.25, 0.3) is 0 Å². The maximum atomic E-state index is 12.4. The molecule has 0 aliphatic carbocycles. The summed E-state index contributed by atoms with van der Waals surface area (Å²) in [4.78, 5) is 2.56. The Kier molecular flexibility index (Phi) is 23.0. The van der Waals surface area contributed by atoms with E-state index in [-0.39, 0.29) is 60.8 Å². The van der Waals surface area contributed by atoms with Gasteiger partial charge in [-0.15, -0.1) is 0 Å². The zero-order valence-corrected chi connectivity index (χ0v) is 16.2. The van der Waals surface area contributed by atoms with E-state index in [1.165, 1.54) is 50.0 Å². The van der Waals surface area contributed by atoms with Crippen LogP contribution >= 0.6 is 0 Å². The van der Waals surface area contributed by atoms with Crippen molar-refractivity contribution >= 4 is 0 Å². The van der Waals surface area contributed by atoms with Gasteiger partial charge < -0.3 is 4.90 Å². The molecule has 1 saturated heterocycles. The van der Waals surface area contributed by atoms with Gasteiger partial charge >= 0.3 is 0 Å². The van der Waals surface area contributed by atoms with Gasteiger partial charge in [0.1, 0.15) is 5.82 Å². The maximum Gasteiger partial charge on any atom is 0.123 e. The third kappa shape index (κ3) is 13.2. The summed E-state index contributed by atoms with van der Waals surface area (Å²) in [6.45, 7) is 11.4. The molecule has 1 radical (unpaired) electrons. The molecule has 1 heterocycles. The molecule has 0 amide bonds. The summed E-state index contributed by atoms with van der Waals surface area (Å²) < 4.78 is 12.4. The van der Waals surface area contributed by atoms with Crippen molar-refractivity contribution in [3.8, 4) is 0 Å². The van der Waals surface area contributed by atoms with E-state index in [4.69, 9.17) is 0 Å². The molecule has 0 N–H and O–H groups in total. The van der Waals surface area contributed by atoms with Gasteiger partial charge in [0.25, 0.3) is 0 Å². The predicted molar refractivity (Wildman–Crippen MR) is 101 cm³/mol. The Bertz CT molecular complexity index is 343. The summed E-state index contributed by atoms with van der Waals surface area (Å²) in [5.41, 5.74) is 1.18. The van der Waals surface area contributed by atoms with Gasteiger partial charge in [-0.1, -0.05) is 54.7 Å². The molecule has 3 heteroatoms. The quantitative estimate of drug-likeness (QED) is 0.530. The van der Waals surface area contributed by atoms with Crippen molar-refractivity contribution in [2.24, 2.45) is 0 Å². The molecule has 135 valence electrons. The van der Waals surface area contributed by atoms with Crippen molar-refractivity contribution in [1.29, 1.82) is 0 Å². The minimum atomic E-state index is -0.163. The van der Waals surface area contributed by atoms with E-state index in [9.17, 15) is 4.39 Å². The normalized spacial score (nSPS) is 13.5. The molecule has 1 aliphatic heterocycles. The fraction of sp³-hybridized carbons (Fsp3) is 0.700. The Morgan fingerprint density at radius 3 is 1.57 bits per heavy atom. The Morgan fingerprint density at radius 1 is 0.826 bits per heavy atom. The van der Waals surface area contributed by atoms with Crippen LogP contribution in [0.5, 0.6) is 0 Å². The van der Waals surface area contributed by atoms with Gasteiger partial charge in [0.2, 0.25) is 0 Å². The molecule has 1 aliphatic rings. The predicted octanol–water partition coefficient (Wildman–Crippen LogP) is 6.74. The van der Waals surface area contributed by atoms with Gasteiger partial charge in [0, 0.05) is 38.8 Å². The second kappa shape index (κ2) is 17.1. The molecule has 0 bridgehead atoms. The molecule has 1 aromatic carbocycles. The van der Waals surface area contributed by atoms with Crippen LogP contribution < -0.4 is 0 Å².